The molecule has 1 fully saturated rings. The van der Waals surface area contributed by atoms with E-state index in [0.717, 1.165) is 11.8 Å². The van der Waals surface area contributed by atoms with Gasteiger partial charge >= 0.3 is 0 Å². The van der Waals surface area contributed by atoms with Crippen LogP contribution in [0.5, 0.6) is 0 Å². The van der Waals surface area contributed by atoms with E-state index in [1.807, 2.05) is 12.1 Å². The van der Waals surface area contributed by atoms with E-state index in [-0.39, 0.29) is 0 Å². The SMILES string of the molecule is O=Cc1cc(Cl)cc(/C=C/C2CCCCC2)c1. The molecule has 2 rings (SSSR count). The van der Waals surface area contributed by atoms with Gasteiger partial charge in [-0.25, -0.2) is 0 Å². The number of hydrogen-bond donors (Lipinski definition) is 0. The number of allylic oxidation sites excluding steroid dienone is 1. The molecule has 0 amide bonds. The van der Waals surface area contributed by atoms with Crippen LogP contribution >= 0.6 is 11.6 Å². The summed E-state index contributed by atoms with van der Waals surface area (Å²) in [4.78, 5) is 10.7. The second-order valence-electron chi connectivity index (χ2n) is 4.69. The fourth-order valence-corrected chi connectivity index (χ4v) is 2.63. The smallest absolute Gasteiger partial charge is 0.150 e. The molecule has 1 nitrogen and oxygen atoms in total. The Hall–Kier alpha value is -1.08. The molecule has 1 aliphatic rings. The van der Waals surface area contributed by atoms with Gasteiger partial charge in [-0.1, -0.05) is 43.0 Å². The van der Waals surface area contributed by atoms with Crippen molar-refractivity contribution in [2.75, 3.05) is 0 Å². The van der Waals surface area contributed by atoms with Crippen molar-refractivity contribution in [3.05, 3.63) is 40.4 Å². The van der Waals surface area contributed by atoms with Gasteiger partial charge in [0.2, 0.25) is 0 Å². The monoisotopic (exact) mass is 248 g/mol. The second kappa shape index (κ2) is 6.02. The van der Waals surface area contributed by atoms with Crippen molar-refractivity contribution in [2.24, 2.45) is 5.92 Å². The van der Waals surface area contributed by atoms with Gasteiger partial charge in [0.05, 0.1) is 0 Å². The van der Waals surface area contributed by atoms with E-state index >= 15 is 0 Å². The summed E-state index contributed by atoms with van der Waals surface area (Å²) < 4.78 is 0. The molecule has 17 heavy (non-hydrogen) atoms. The van der Waals surface area contributed by atoms with Crippen molar-refractivity contribution >= 4 is 24.0 Å². The van der Waals surface area contributed by atoms with Gasteiger partial charge < -0.3 is 0 Å². The Morgan fingerprint density at radius 2 is 1.76 bits per heavy atom. The maximum Gasteiger partial charge on any atom is 0.150 e. The van der Waals surface area contributed by atoms with Crippen LogP contribution in [0.15, 0.2) is 24.3 Å². The molecule has 1 aliphatic carbocycles. The standard InChI is InChI=1S/C15H17ClO/c16-15-9-13(8-14(10-15)11-17)7-6-12-4-2-1-3-5-12/h6-12H,1-5H2/b7-6+. The van der Waals surface area contributed by atoms with Gasteiger partial charge in [0, 0.05) is 10.6 Å². The lowest BCUT2D eigenvalue weighted by atomic mass is 9.89. The van der Waals surface area contributed by atoms with Gasteiger partial charge in [-0.15, -0.1) is 0 Å². The topological polar surface area (TPSA) is 17.1 Å². The molecular formula is C15H17ClO. The largest absolute Gasteiger partial charge is 0.298 e. The summed E-state index contributed by atoms with van der Waals surface area (Å²) in [7, 11) is 0. The minimum absolute atomic E-state index is 0.623. The van der Waals surface area contributed by atoms with Gasteiger partial charge in [-0.2, -0.15) is 0 Å². The lowest BCUT2D eigenvalue weighted by Gasteiger charge is -2.17. The Kier molecular flexibility index (Phi) is 4.38. The highest BCUT2D eigenvalue weighted by atomic mass is 35.5. The molecule has 0 saturated heterocycles. The minimum Gasteiger partial charge on any atom is -0.298 e. The highest BCUT2D eigenvalue weighted by Crippen LogP contribution is 2.25. The van der Waals surface area contributed by atoms with E-state index < -0.39 is 0 Å². The molecule has 0 N–H and O–H groups in total. The summed E-state index contributed by atoms with van der Waals surface area (Å²) in [5, 5.41) is 0.623. The molecule has 0 spiro atoms. The first-order valence-electron chi connectivity index (χ1n) is 6.22. The van der Waals surface area contributed by atoms with Crippen molar-refractivity contribution in [3.8, 4) is 0 Å². The predicted octanol–water partition coefficient (Wildman–Crippen LogP) is 4.75. The molecule has 0 aromatic heterocycles. The van der Waals surface area contributed by atoms with E-state index in [4.69, 9.17) is 11.6 Å². The van der Waals surface area contributed by atoms with E-state index in [9.17, 15) is 4.79 Å². The van der Waals surface area contributed by atoms with Crippen LogP contribution in [-0.4, -0.2) is 6.29 Å². The molecule has 0 bridgehead atoms. The third-order valence-electron chi connectivity index (χ3n) is 3.29. The summed E-state index contributed by atoms with van der Waals surface area (Å²) >= 11 is 5.96. The molecule has 1 aromatic carbocycles. The minimum atomic E-state index is 0.623. The van der Waals surface area contributed by atoms with E-state index in [1.54, 1.807) is 6.07 Å². The number of aldehydes is 1. The van der Waals surface area contributed by atoms with Gasteiger partial charge in [-0.3, -0.25) is 4.79 Å². The second-order valence-corrected chi connectivity index (χ2v) is 5.13. The van der Waals surface area contributed by atoms with Crippen LogP contribution < -0.4 is 0 Å². The zero-order valence-electron chi connectivity index (χ0n) is 9.86. The summed E-state index contributed by atoms with van der Waals surface area (Å²) in [6.07, 6.45) is 11.8. The quantitative estimate of drug-likeness (QED) is 0.706. The fourth-order valence-electron chi connectivity index (χ4n) is 2.37. The van der Waals surface area contributed by atoms with Crippen LogP contribution in [0.4, 0.5) is 0 Å². The number of carbonyl (C=O) groups is 1. The third kappa shape index (κ3) is 3.71. The molecule has 0 atom stereocenters. The van der Waals surface area contributed by atoms with Gasteiger partial charge in [0.15, 0.2) is 0 Å². The average Bonchev–Trinajstić information content (AvgIpc) is 2.37. The molecule has 1 saturated carbocycles. The zero-order chi connectivity index (χ0) is 12.1. The Balaban J connectivity index is 2.08. The Morgan fingerprint density at radius 1 is 1.06 bits per heavy atom. The Bertz CT molecular complexity index is 417. The first-order chi connectivity index (χ1) is 8.28. The van der Waals surface area contributed by atoms with Crippen molar-refractivity contribution in [3.63, 3.8) is 0 Å². The Morgan fingerprint density at radius 3 is 2.47 bits per heavy atom. The van der Waals surface area contributed by atoms with Crippen molar-refractivity contribution in [1.82, 2.24) is 0 Å². The first-order valence-corrected chi connectivity index (χ1v) is 6.60. The first kappa shape index (κ1) is 12.4. The van der Waals surface area contributed by atoms with E-state index in [2.05, 4.69) is 12.2 Å². The summed E-state index contributed by atoms with van der Waals surface area (Å²) in [5.74, 6) is 0.697. The molecule has 0 heterocycles. The van der Waals surface area contributed by atoms with Crippen molar-refractivity contribution in [1.29, 1.82) is 0 Å². The Labute approximate surface area is 107 Å². The van der Waals surface area contributed by atoms with Crippen LogP contribution in [-0.2, 0) is 0 Å². The number of rotatable bonds is 3. The number of hydrogen-bond acceptors (Lipinski definition) is 1. The van der Waals surface area contributed by atoms with Gasteiger partial charge in [0.25, 0.3) is 0 Å². The number of carbonyl (C=O) groups excluding carboxylic acids is 1. The summed E-state index contributed by atoms with van der Waals surface area (Å²) in [6.45, 7) is 0. The maximum absolute atomic E-state index is 10.7. The lowest BCUT2D eigenvalue weighted by molar-refractivity contribution is 0.112. The predicted molar refractivity (Wildman–Crippen MR) is 72.4 cm³/mol. The molecule has 0 aliphatic heterocycles. The van der Waals surface area contributed by atoms with Crippen LogP contribution in [0.3, 0.4) is 0 Å². The summed E-state index contributed by atoms with van der Waals surface area (Å²) in [5.41, 5.74) is 1.66. The highest BCUT2D eigenvalue weighted by Gasteiger charge is 2.09. The number of halogens is 1. The maximum atomic E-state index is 10.7. The molecule has 90 valence electrons. The third-order valence-corrected chi connectivity index (χ3v) is 3.51. The zero-order valence-corrected chi connectivity index (χ0v) is 10.6. The van der Waals surface area contributed by atoms with Crippen LogP contribution in [0, 0.1) is 5.92 Å². The average molecular weight is 249 g/mol. The molecule has 2 heteroatoms. The fraction of sp³-hybridized carbons (Fsp3) is 0.400. The molecular weight excluding hydrogens is 232 g/mol. The van der Waals surface area contributed by atoms with Crippen molar-refractivity contribution in [2.45, 2.75) is 32.1 Å². The van der Waals surface area contributed by atoms with Crippen LogP contribution in [0.1, 0.15) is 48.0 Å². The number of benzene rings is 1. The summed E-state index contributed by atoms with van der Waals surface area (Å²) in [6, 6.07) is 5.46. The van der Waals surface area contributed by atoms with Gasteiger partial charge in [-0.05, 0) is 42.5 Å². The molecule has 1 aromatic rings. The van der Waals surface area contributed by atoms with Crippen LogP contribution in [0.25, 0.3) is 6.08 Å². The normalized spacial score (nSPS) is 17.5. The van der Waals surface area contributed by atoms with E-state index in [1.165, 1.54) is 32.1 Å². The van der Waals surface area contributed by atoms with Crippen LogP contribution in [0.2, 0.25) is 5.02 Å². The molecule has 0 radical (unpaired) electrons. The van der Waals surface area contributed by atoms with E-state index in [0.29, 0.717) is 16.5 Å². The molecule has 0 unspecified atom stereocenters. The lowest BCUT2D eigenvalue weighted by Crippen LogP contribution is -2.02. The van der Waals surface area contributed by atoms with Crippen molar-refractivity contribution < 1.29 is 4.79 Å². The van der Waals surface area contributed by atoms with Gasteiger partial charge in [0.1, 0.15) is 6.29 Å². The highest BCUT2D eigenvalue weighted by molar-refractivity contribution is 6.31.